The molecule has 0 amide bonds. The van der Waals surface area contributed by atoms with E-state index in [4.69, 9.17) is 16.6 Å². The smallest absolute Gasteiger partial charge is 0.223 e. The van der Waals surface area contributed by atoms with Crippen LogP contribution in [0.25, 0.3) is 10.6 Å². The van der Waals surface area contributed by atoms with Crippen molar-refractivity contribution in [1.29, 1.82) is 0 Å². The van der Waals surface area contributed by atoms with Crippen molar-refractivity contribution in [2.45, 2.75) is 45.7 Å². The largest absolute Gasteiger partial charge is 0.354 e. The van der Waals surface area contributed by atoms with Crippen LogP contribution in [0.2, 0.25) is 5.02 Å². The predicted octanol–water partition coefficient (Wildman–Crippen LogP) is 5.40. The highest BCUT2D eigenvalue weighted by Crippen LogP contribution is 2.29. The Morgan fingerprint density at radius 2 is 2.03 bits per heavy atom. The lowest BCUT2D eigenvalue weighted by Gasteiger charge is -2.33. The molecule has 2 N–H and O–H groups in total. The highest BCUT2D eigenvalue weighted by atomic mass is 35.5. The van der Waals surface area contributed by atoms with Gasteiger partial charge in [-0.2, -0.15) is 0 Å². The molecule has 1 saturated heterocycles. The minimum Gasteiger partial charge on any atom is -0.354 e. The molecule has 0 spiro atoms. The first-order valence-corrected chi connectivity index (χ1v) is 12.7. The number of benzene rings is 1. The van der Waals surface area contributed by atoms with Crippen molar-refractivity contribution in [3.63, 3.8) is 0 Å². The van der Waals surface area contributed by atoms with E-state index in [0.29, 0.717) is 12.0 Å². The molecule has 0 unspecified atom stereocenters. The van der Waals surface area contributed by atoms with Gasteiger partial charge in [0.15, 0.2) is 0 Å². The number of anilines is 1. The van der Waals surface area contributed by atoms with E-state index in [1.54, 1.807) is 0 Å². The fraction of sp³-hybridized carbons (Fsp3) is 0.440. The summed E-state index contributed by atoms with van der Waals surface area (Å²) in [5.74, 6) is 0.667. The molecule has 3 aromatic rings. The van der Waals surface area contributed by atoms with Gasteiger partial charge in [-0.25, -0.2) is 9.97 Å². The maximum atomic E-state index is 6.24. The van der Waals surface area contributed by atoms with Gasteiger partial charge in [-0.1, -0.05) is 30.7 Å². The second-order valence-electron chi connectivity index (χ2n) is 8.34. The van der Waals surface area contributed by atoms with Gasteiger partial charge in [0, 0.05) is 35.2 Å². The number of hydrogen-bond acceptors (Lipinski definition) is 6. The van der Waals surface area contributed by atoms with Gasteiger partial charge in [0.25, 0.3) is 0 Å². The first-order chi connectivity index (χ1) is 15.6. The monoisotopic (exact) mass is 469 g/mol. The van der Waals surface area contributed by atoms with Crippen molar-refractivity contribution in [3.05, 3.63) is 63.6 Å². The average Bonchev–Trinajstić information content (AvgIpc) is 3.29. The molecule has 170 valence electrons. The molecule has 32 heavy (non-hydrogen) atoms. The number of halogens is 1. The molecule has 0 aliphatic carbocycles. The van der Waals surface area contributed by atoms with Crippen LogP contribution >= 0.6 is 22.9 Å². The number of rotatable bonds is 9. The molecule has 0 radical (unpaired) electrons. The molecule has 1 fully saturated rings. The number of aromatic nitrogens is 2. The van der Waals surface area contributed by atoms with Gasteiger partial charge in [-0.3, -0.25) is 4.90 Å². The van der Waals surface area contributed by atoms with Crippen molar-refractivity contribution in [2.24, 2.45) is 0 Å². The van der Waals surface area contributed by atoms with Crippen molar-refractivity contribution >= 4 is 28.9 Å². The zero-order chi connectivity index (χ0) is 22.3. The van der Waals surface area contributed by atoms with Gasteiger partial charge in [0.1, 0.15) is 0 Å². The molecule has 5 nitrogen and oxygen atoms in total. The van der Waals surface area contributed by atoms with E-state index < -0.39 is 0 Å². The van der Waals surface area contributed by atoms with E-state index >= 15 is 0 Å². The van der Waals surface area contributed by atoms with E-state index in [2.05, 4.69) is 51.7 Å². The van der Waals surface area contributed by atoms with E-state index in [1.807, 2.05) is 36.6 Å². The maximum absolute atomic E-state index is 6.24. The van der Waals surface area contributed by atoms with Gasteiger partial charge < -0.3 is 10.6 Å². The van der Waals surface area contributed by atoms with Gasteiger partial charge in [-0.05, 0) is 81.2 Å². The Hall–Kier alpha value is -1.99. The molecule has 0 atom stereocenters. The van der Waals surface area contributed by atoms with Gasteiger partial charge in [-0.15, -0.1) is 11.3 Å². The second kappa shape index (κ2) is 11.2. The number of aryl methyl sites for hydroxylation is 1. The van der Waals surface area contributed by atoms with Gasteiger partial charge in [0.05, 0.1) is 10.6 Å². The Labute approximate surface area is 200 Å². The summed E-state index contributed by atoms with van der Waals surface area (Å²) in [7, 11) is 0. The Bertz CT molecular complexity index is 1020. The van der Waals surface area contributed by atoms with Crippen LogP contribution in [0.3, 0.4) is 0 Å². The fourth-order valence-electron chi connectivity index (χ4n) is 4.16. The first-order valence-electron chi connectivity index (χ1n) is 11.5. The number of piperidine rings is 1. The van der Waals surface area contributed by atoms with E-state index in [0.717, 1.165) is 55.4 Å². The second-order valence-corrected chi connectivity index (χ2v) is 9.91. The molecular formula is C25H32ClN5S. The van der Waals surface area contributed by atoms with Crippen LogP contribution in [0, 0.1) is 6.92 Å². The predicted molar refractivity (Wildman–Crippen MR) is 136 cm³/mol. The van der Waals surface area contributed by atoms with Gasteiger partial charge in [0.2, 0.25) is 5.95 Å². The molecule has 0 bridgehead atoms. The topological polar surface area (TPSA) is 53.1 Å². The van der Waals surface area contributed by atoms with Crippen LogP contribution in [0.4, 0.5) is 5.95 Å². The molecule has 4 rings (SSSR count). The van der Waals surface area contributed by atoms with Crippen LogP contribution in [-0.4, -0.2) is 47.1 Å². The van der Waals surface area contributed by atoms with Crippen LogP contribution in [-0.2, 0) is 13.0 Å². The third-order valence-electron chi connectivity index (χ3n) is 6.09. The number of thiophene rings is 1. The molecule has 3 heterocycles. The quantitative estimate of drug-likeness (QED) is 0.439. The Kier molecular flexibility index (Phi) is 8.14. The molecule has 7 heteroatoms. The van der Waals surface area contributed by atoms with Crippen LogP contribution in [0.1, 0.15) is 35.8 Å². The van der Waals surface area contributed by atoms with E-state index in [1.165, 1.54) is 28.2 Å². The molecule has 1 aliphatic heterocycles. The highest BCUT2D eigenvalue weighted by molar-refractivity contribution is 7.15. The fourth-order valence-corrected chi connectivity index (χ4v) is 5.37. The minimum absolute atomic E-state index is 0.667. The normalized spacial score (nSPS) is 14.8. The van der Waals surface area contributed by atoms with Crippen LogP contribution in [0.5, 0.6) is 0 Å². The van der Waals surface area contributed by atoms with Crippen molar-refractivity contribution in [2.75, 3.05) is 31.5 Å². The summed E-state index contributed by atoms with van der Waals surface area (Å²) in [6.45, 7) is 9.42. The minimum atomic E-state index is 0.667. The first kappa shape index (κ1) is 23.2. The zero-order valence-corrected chi connectivity index (χ0v) is 20.5. The Morgan fingerprint density at radius 3 is 2.81 bits per heavy atom. The highest BCUT2D eigenvalue weighted by Gasteiger charge is 2.20. The third-order valence-corrected chi connectivity index (χ3v) is 7.59. The number of hydrogen-bond donors (Lipinski definition) is 2. The lowest BCUT2D eigenvalue weighted by Crippen LogP contribution is -2.42. The van der Waals surface area contributed by atoms with Crippen LogP contribution in [0.15, 0.2) is 42.6 Å². The summed E-state index contributed by atoms with van der Waals surface area (Å²) in [5, 5.41) is 7.64. The summed E-state index contributed by atoms with van der Waals surface area (Å²) >= 11 is 8.07. The molecule has 1 aromatic carbocycles. The summed E-state index contributed by atoms with van der Waals surface area (Å²) in [6, 6.07) is 13.3. The Balaban J connectivity index is 1.35. The number of nitrogens with zero attached hydrogens (tertiary/aromatic N) is 3. The lowest BCUT2D eigenvalue weighted by atomic mass is 10.0. The summed E-state index contributed by atoms with van der Waals surface area (Å²) < 4.78 is 0. The molecule has 0 saturated carbocycles. The molecular weight excluding hydrogens is 438 g/mol. The standard InChI is InChI=1S/C25H32ClN5S/c1-3-31(20-9-12-27-13-10-20)17-21-6-7-24(32-21)23-11-15-29-25(30-23)28-14-8-19-5-4-18(2)22(26)16-19/h4-7,11,15-16,20,27H,3,8-10,12-14,17H2,1-2H3,(H,28,29,30). The summed E-state index contributed by atoms with van der Waals surface area (Å²) in [6.07, 6.45) is 5.18. The van der Waals surface area contributed by atoms with Crippen molar-refractivity contribution in [3.8, 4) is 10.6 Å². The van der Waals surface area contributed by atoms with E-state index in [9.17, 15) is 0 Å². The zero-order valence-electron chi connectivity index (χ0n) is 18.9. The number of nitrogens with one attached hydrogen (secondary N) is 2. The van der Waals surface area contributed by atoms with E-state index in [-0.39, 0.29) is 0 Å². The third kappa shape index (κ3) is 6.07. The van der Waals surface area contributed by atoms with Crippen molar-refractivity contribution < 1.29 is 0 Å². The molecule has 2 aromatic heterocycles. The average molecular weight is 470 g/mol. The summed E-state index contributed by atoms with van der Waals surface area (Å²) in [5.41, 5.74) is 3.29. The lowest BCUT2D eigenvalue weighted by molar-refractivity contribution is 0.163. The summed E-state index contributed by atoms with van der Waals surface area (Å²) in [4.78, 5) is 14.3. The maximum Gasteiger partial charge on any atom is 0.223 e. The van der Waals surface area contributed by atoms with Crippen LogP contribution < -0.4 is 10.6 Å². The van der Waals surface area contributed by atoms with Crippen molar-refractivity contribution in [1.82, 2.24) is 20.2 Å². The SMILES string of the molecule is CCN(Cc1ccc(-c2ccnc(NCCc3ccc(C)c(Cl)c3)n2)s1)C1CCNCC1. The molecule has 1 aliphatic rings. The Morgan fingerprint density at radius 1 is 1.19 bits per heavy atom. The van der Waals surface area contributed by atoms with Gasteiger partial charge >= 0.3 is 0 Å².